The molecular formula is C6H7BClFMgO2. The van der Waals surface area contributed by atoms with E-state index in [0.29, 0.717) is 0 Å². The lowest BCUT2D eigenvalue weighted by Gasteiger charge is -1.99. The highest BCUT2D eigenvalue weighted by atomic mass is 35.5. The van der Waals surface area contributed by atoms with Gasteiger partial charge in [0.25, 0.3) is 0 Å². The molecule has 0 heterocycles. The molecule has 1 aromatic rings. The maximum absolute atomic E-state index is 12.6. The van der Waals surface area contributed by atoms with Crippen LogP contribution in [0.1, 0.15) is 0 Å². The summed E-state index contributed by atoms with van der Waals surface area (Å²) in [5.74, 6) is -0.655. The minimum Gasteiger partial charge on any atom is -0.423 e. The Morgan fingerprint density at radius 1 is 1.33 bits per heavy atom. The molecule has 0 unspecified atom stereocenters. The lowest BCUT2D eigenvalue weighted by molar-refractivity contribution is 0.425. The Bertz CT molecular complexity index is 272. The predicted molar refractivity (Wildman–Crippen MR) is 49.8 cm³/mol. The summed E-state index contributed by atoms with van der Waals surface area (Å²) in [4.78, 5) is 0. The van der Waals surface area contributed by atoms with Crippen LogP contribution in [-0.4, -0.2) is 40.2 Å². The summed E-state index contributed by atoms with van der Waals surface area (Å²) in [5, 5.41) is 17.1. The largest absolute Gasteiger partial charge is 0.488 e. The smallest absolute Gasteiger partial charge is 0.423 e. The molecule has 0 aliphatic heterocycles. The van der Waals surface area contributed by atoms with E-state index in [2.05, 4.69) is 0 Å². The molecule has 0 aromatic heterocycles. The Morgan fingerprint density at radius 2 is 1.92 bits per heavy atom. The molecule has 2 nitrogen and oxygen atoms in total. The first-order chi connectivity index (χ1) is 5.11. The van der Waals surface area contributed by atoms with Crippen molar-refractivity contribution in [2.24, 2.45) is 0 Å². The van der Waals surface area contributed by atoms with Gasteiger partial charge in [-0.3, -0.25) is 0 Å². The van der Waals surface area contributed by atoms with E-state index in [1.54, 1.807) is 0 Å². The van der Waals surface area contributed by atoms with Crippen molar-refractivity contribution in [3.05, 3.63) is 29.0 Å². The third-order valence-corrected chi connectivity index (χ3v) is 1.55. The first-order valence-electron chi connectivity index (χ1n) is 2.92. The van der Waals surface area contributed by atoms with E-state index in [4.69, 9.17) is 21.6 Å². The molecule has 0 saturated carbocycles. The fourth-order valence-corrected chi connectivity index (χ4v) is 0.791. The molecule has 0 spiro atoms. The van der Waals surface area contributed by atoms with Gasteiger partial charge < -0.3 is 10.0 Å². The molecule has 6 heteroatoms. The summed E-state index contributed by atoms with van der Waals surface area (Å²) < 4.78 is 12.6. The van der Waals surface area contributed by atoms with Crippen molar-refractivity contribution in [3.8, 4) is 0 Å². The van der Waals surface area contributed by atoms with E-state index < -0.39 is 12.9 Å². The summed E-state index contributed by atoms with van der Waals surface area (Å²) in [7, 11) is -1.65. The van der Waals surface area contributed by atoms with Crippen molar-refractivity contribution in [2.75, 3.05) is 0 Å². The predicted octanol–water partition coefficient (Wildman–Crippen LogP) is -0.757. The van der Waals surface area contributed by atoms with Gasteiger partial charge in [0.05, 0.1) is 5.02 Å². The molecule has 2 N–H and O–H groups in total. The molecule has 0 atom stereocenters. The molecule has 0 saturated heterocycles. The van der Waals surface area contributed by atoms with Gasteiger partial charge in [0.15, 0.2) is 0 Å². The van der Waals surface area contributed by atoms with Gasteiger partial charge in [-0.2, -0.15) is 0 Å². The van der Waals surface area contributed by atoms with Crippen molar-refractivity contribution < 1.29 is 14.4 Å². The van der Waals surface area contributed by atoms with Crippen LogP contribution in [-0.2, 0) is 0 Å². The third-order valence-electron chi connectivity index (χ3n) is 1.24. The highest BCUT2D eigenvalue weighted by molar-refractivity contribution is 6.58. The van der Waals surface area contributed by atoms with Gasteiger partial charge in [-0.1, -0.05) is 17.7 Å². The fourth-order valence-electron chi connectivity index (χ4n) is 0.673. The van der Waals surface area contributed by atoms with Crippen molar-refractivity contribution in [3.63, 3.8) is 0 Å². The van der Waals surface area contributed by atoms with E-state index in [-0.39, 0.29) is 33.5 Å². The van der Waals surface area contributed by atoms with Crippen LogP contribution in [0.3, 0.4) is 0 Å². The highest BCUT2D eigenvalue weighted by Crippen LogP contribution is 2.10. The van der Waals surface area contributed by atoms with Gasteiger partial charge in [-0.05, 0) is 17.6 Å². The van der Waals surface area contributed by atoms with Gasteiger partial charge in [0, 0.05) is 0 Å². The normalized spacial score (nSPS) is 9.00. The molecule has 0 radical (unpaired) electrons. The van der Waals surface area contributed by atoms with E-state index in [1.165, 1.54) is 12.1 Å². The number of hydrogen-bond acceptors (Lipinski definition) is 2. The minimum absolute atomic E-state index is 0. The maximum atomic E-state index is 12.6. The topological polar surface area (TPSA) is 40.5 Å². The van der Waals surface area contributed by atoms with Crippen LogP contribution in [0.25, 0.3) is 0 Å². The average molecular weight is 201 g/mol. The third kappa shape index (κ3) is 2.91. The molecule has 0 amide bonds. The van der Waals surface area contributed by atoms with Crippen molar-refractivity contribution in [1.29, 1.82) is 0 Å². The van der Waals surface area contributed by atoms with E-state index in [1.807, 2.05) is 0 Å². The second-order valence-corrected chi connectivity index (χ2v) is 2.45. The number of halogens is 2. The highest BCUT2D eigenvalue weighted by Gasteiger charge is 2.12. The van der Waals surface area contributed by atoms with Crippen molar-refractivity contribution >= 4 is 47.2 Å². The van der Waals surface area contributed by atoms with E-state index >= 15 is 0 Å². The molecule has 0 bridgehead atoms. The quantitative estimate of drug-likeness (QED) is 0.586. The van der Waals surface area contributed by atoms with Crippen LogP contribution < -0.4 is 5.46 Å². The summed E-state index contributed by atoms with van der Waals surface area (Å²) in [6.07, 6.45) is 0. The molecule has 1 rings (SSSR count). The fraction of sp³-hybridized carbons (Fsp3) is 0. The Morgan fingerprint density at radius 3 is 2.33 bits per heavy atom. The second-order valence-electron chi connectivity index (χ2n) is 2.05. The molecule has 0 fully saturated rings. The molecule has 1 aromatic carbocycles. The van der Waals surface area contributed by atoms with Crippen molar-refractivity contribution in [2.45, 2.75) is 0 Å². The van der Waals surface area contributed by atoms with Gasteiger partial charge in [0.2, 0.25) is 0 Å². The summed E-state index contributed by atoms with van der Waals surface area (Å²) in [6, 6.07) is 3.59. The van der Waals surface area contributed by atoms with Crippen LogP contribution in [0.2, 0.25) is 5.02 Å². The monoisotopic (exact) mass is 200 g/mol. The summed E-state index contributed by atoms with van der Waals surface area (Å²) in [6.45, 7) is 0. The molecule has 12 heavy (non-hydrogen) atoms. The zero-order valence-corrected chi connectivity index (χ0v) is 6.22. The summed E-state index contributed by atoms with van der Waals surface area (Å²) >= 11 is 5.35. The van der Waals surface area contributed by atoms with Gasteiger partial charge in [-0.25, -0.2) is 4.39 Å². The average Bonchev–Trinajstić information content (AvgIpc) is 1.94. The minimum atomic E-state index is -1.65. The Labute approximate surface area is 90.7 Å². The van der Waals surface area contributed by atoms with Crippen LogP contribution in [0.5, 0.6) is 0 Å². The Kier molecular flexibility index (Phi) is 5.12. The van der Waals surface area contributed by atoms with Crippen molar-refractivity contribution in [1.82, 2.24) is 0 Å². The van der Waals surface area contributed by atoms with E-state index in [9.17, 15) is 4.39 Å². The molecule has 0 aliphatic rings. The number of hydrogen-bond donors (Lipinski definition) is 2. The lowest BCUT2D eigenvalue weighted by Crippen LogP contribution is -2.29. The van der Waals surface area contributed by atoms with Crippen LogP contribution >= 0.6 is 11.6 Å². The first kappa shape index (κ1) is 12.2. The standard InChI is InChI=1S/C6H5BClFO2.Mg.2H/c8-5-2-1-4(7(10)11)3-6(5)9;;;/h1-3,10-11H;;;. The van der Waals surface area contributed by atoms with Crippen LogP contribution in [0.4, 0.5) is 4.39 Å². The molecule has 0 aliphatic carbocycles. The second kappa shape index (κ2) is 5.04. The maximum Gasteiger partial charge on any atom is 0.488 e. The van der Waals surface area contributed by atoms with Gasteiger partial charge in [-0.15, -0.1) is 0 Å². The SMILES string of the molecule is OB(O)c1ccc(Cl)c(F)c1.[MgH2]. The van der Waals surface area contributed by atoms with Crippen LogP contribution in [0.15, 0.2) is 18.2 Å². The lowest BCUT2D eigenvalue weighted by atomic mass is 9.80. The van der Waals surface area contributed by atoms with Gasteiger partial charge in [0.1, 0.15) is 5.82 Å². The molecule has 62 valence electrons. The Balaban J connectivity index is 0.00000121. The number of benzene rings is 1. The zero-order valence-electron chi connectivity index (χ0n) is 5.46. The Hall–Kier alpha value is 0.191. The number of rotatable bonds is 1. The van der Waals surface area contributed by atoms with Gasteiger partial charge >= 0.3 is 30.2 Å². The summed E-state index contributed by atoms with van der Waals surface area (Å²) in [5.41, 5.74) is 0.0897. The zero-order chi connectivity index (χ0) is 8.43. The molecular weight excluding hydrogens is 194 g/mol. The van der Waals surface area contributed by atoms with E-state index in [0.717, 1.165) is 6.07 Å². The first-order valence-corrected chi connectivity index (χ1v) is 3.30. The van der Waals surface area contributed by atoms with Crippen LogP contribution in [0, 0.1) is 5.82 Å².